The maximum atomic E-state index is 9.35. The van der Waals surface area contributed by atoms with Gasteiger partial charge in [0.05, 0.1) is 0 Å². The minimum absolute atomic E-state index is 0.219. The molecule has 4 heteroatoms. The molecule has 3 atom stereocenters. The van der Waals surface area contributed by atoms with Gasteiger partial charge in [0.15, 0.2) is 12.6 Å². The van der Waals surface area contributed by atoms with Gasteiger partial charge in [0, 0.05) is 20.1 Å². The molecule has 1 fully saturated rings. The minimum atomic E-state index is -0.532. The largest absolute Gasteiger partial charge is 0.388 e. The number of ether oxygens (including phenoxy) is 3. The Bertz CT molecular complexity index is 128. The van der Waals surface area contributed by atoms with Crippen LogP contribution in [-0.4, -0.2) is 37.5 Å². The second-order valence-corrected chi connectivity index (χ2v) is 2.77. The van der Waals surface area contributed by atoms with E-state index in [-0.39, 0.29) is 6.29 Å². The Balaban J connectivity index is 2.33. The maximum absolute atomic E-state index is 9.35. The van der Waals surface area contributed by atoms with Crippen LogP contribution >= 0.6 is 0 Å². The maximum Gasteiger partial charge on any atom is 0.186 e. The SMILES string of the molecule is CCOC1CC[C@@H](O)[C@H](OC)O1. The van der Waals surface area contributed by atoms with E-state index in [9.17, 15) is 5.11 Å². The van der Waals surface area contributed by atoms with Crippen molar-refractivity contribution in [3.63, 3.8) is 0 Å². The van der Waals surface area contributed by atoms with E-state index in [0.29, 0.717) is 13.0 Å². The summed E-state index contributed by atoms with van der Waals surface area (Å²) < 4.78 is 15.5. The molecule has 1 unspecified atom stereocenters. The molecule has 1 saturated heterocycles. The van der Waals surface area contributed by atoms with Gasteiger partial charge in [0.2, 0.25) is 0 Å². The third kappa shape index (κ3) is 2.42. The highest BCUT2D eigenvalue weighted by molar-refractivity contribution is 4.68. The van der Waals surface area contributed by atoms with Crippen molar-refractivity contribution in [3.8, 4) is 0 Å². The molecular formula is C8H16O4. The summed E-state index contributed by atoms with van der Waals surface area (Å²) >= 11 is 0. The highest BCUT2D eigenvalue weighted by Crippen LogP contribution is 2.20. The molecule has 0 spiro atoms. The summed E-state index contributed by atoms with van der Waals surface area (Å²) in [6.07, 6.45) is 0.128. The molecule has 0 aromatic heterocycles. The van der Waals surface area contributed by atoms with E-state index in [4.69, 9.17) is 14.2 Å². The van der Waals surface area contributed by atoms with Crippen LogP contribution in [0.1, 0.15) is 19.8 Å². The van der Waals surface area contributed by atoms with E-state index in [1.807, 2.05) is 6.92 Å². The van der Waals surface area contributed by atoms with Crippen molar-refractivity contribution in [2.24, 2.45) is 0 Å². The average Bonchev–Trinajstić information content (AvgIpc) is 2.09. The number of rotatable bonds is 3. The van der Waals surface area contributed by atoms with Crippen molar-refractivity contribution in [2.75, 3.05) is 13.7 Å². The van der Waals surface area contributed by atoms with Crippen LogP contribution < -0.4 is 0 Å². The zero-order valence-corrected chi connectivity index (χ0v) is 7.53. The van der Waals surface area contributed by atoms with E-state index in [1.165, 1.54) is 7.11 Å². The lowest BCUT2D eigenvalue weighted by Gasteiger charge is -2.32. The Kier molecular flexibility index (Phi) is 3.94. The van der Waals surface area contributed by atoms with Crippen LogP contribution in [0.15, 0.2) is 0 Å². The summed E-state index contributed by atoms with van der Waals surface area (Å²) in [6.45, 7) is 2.54. The predicted molar refractivity (Wildman–Crippen MR) is 42.5 cm³/mol. The second kappa shape index (κ2) is 4.77. The normalized spacial score (nSPS) is 36.8. The Morgan fingerprint density at radius 1 is 1.50 bits per heavy atom. The van der Waals surface area contributed by atoms with Gasteiger partial charge in [-0.2, -0.15) is 0 Å². The summed E-state index contributed by atoms with van der Waals surface area (Å²) in [7, 11) is 1.52. The van der Waals surface area contributed by atoms with Crippen LogP contribution in [-0.2, 0) is 14.2 Å². The predicted octanol–water partition coefficient (Wildman–Crippen LogP) is 0.493. The number of aliphatic hydroxyl groups is 1. The van der Waals surface area contributed by atoms with Crippen LogP contribution in [0, 0.1) is 0 Å². The van der Waals surface area contributed by atoms with Gasteiger partial charge in [0.25, 0.3) is 0 Å². The van der Waals surface area contributed by atoms with Crippen LogP contribution in [0.4, 0.5) is 0 Å². The molecule has 4 nitrogen and oxygen atoms in total. The third-order valence-electron chi connectivity index (χ3n) is 1.88. The molecule has 0 amide bonds. The van der Waals surface area contributed by atoms with Gasteiger partial charge in [-0.25, -0.2) is 0 Å². The van der Waals surface area contributed by atoms with E-state index in [1.54, 1.807) is 0 Å². The summed E-state index contributed by atoms with van der Waals surface area (Å²) in [5, 5.41) is 9.35. The van der Waals surface area contributed by atoms with Crippen molar-refractivity contribution >= 4 is 0 Å². The molecule has 0 bridgehead atoms. The van der Waals surface area contributed by atoms with E-state index >= 15 is 0 Å². The Hall–Kier alpha value is -0.160. The van der Waals surface area contributed by atoms with Crippen molar-refractivity contribution in [3.05, 3.63) is 0 Å². The van der Waals surface area contributed by atoms with E-state index in [0.717, 1.165) is 6.42 Å². The molecule has 1 rings (SSSR count). The van der Waals surface area contributed by atoms with E-state index < -0.39 is 12.4 Å². The molecule has 1 aliphatic heterocycles. The highest BCUT2D eigenvalue weighted by atomic mass is 16.8. The van der Waals surface area contributed by atoms with Gasteiger partial charge in [-0.1, -0.05) is 0 Å². The molecule has 0 radical (unpaired) electrons. The first-order valence-electron chi connectivity index (χ1n) is 4.25. The van der Waals surface area contributed by atoms with Gasteiger partial charge in [-0.05, 0) is 13.3 Å². The molecule has 72 valence electrons. The van der Waals surface area contributed by atoms with Gasteiger partial charge >= 0.3 is 0 Å². The first-order valence-corrected chi connectivity index (χ1v) is 4.25. The fraction of sp³-hybridized carbons (Fsp3) is 1.00. The van der Waals surface area contributed by atoms with Gasteiger partial charge in [-0.3, -0.25) is 0 Å². The molecule has 0 aliphatic carbocycles. The molecule has 1 heterocycles. The lowest BCUT2D eigenvalue weighted by molar-refractivity contribution is -0.289. The van der Waals surface area contributed by atoms with Crippen LogP contribution in [0.25, 0.3) is 0 Å². The first-order chi connectivity index (χ1) is 5.77. The van der Waals surface area contributed by atoms with Crippen LogP contribution in [0.3, 0.4) is 0 Å². The first kappa shape index (κ1) is 9.92. The molecule has 1 aliphatic rings. The van der Waals surface area contributed by atoms with Crippen molar-refractivity contribution in [2.45, 2.75) is 38.4 Å². The van der Waals surface area contributed by atoms with Gasteiger partial charge in [0.1, 0.15) is 6.10 Å². The highest BCUT2D eigenvalue weighted by Gasteiger charge is 2.29. The van der Waals surface area contributed by atoms with Gasteiger partial charge in [-0.15, -0.1) is 0 Å². The molecule has 1 N–H and O–H groups in total. The Morgan fingerprint density at radius 2 is 2.25 bits per heavy atom. The summed E-state index contributed by atoms with van der Waals surface area (Å²) in [4.78, 5) is 0. The zero-order valence-electron chi connectivity index (χ0n) is 7.53. The standard InChI is InChI=1S/C8H16O4/c1-3-11-7-5-4-6(9)8(10-2)12-7/h6-9H,3-5H2,1-2H3/t6-,7?,8-/m1/s1. The zero-order chi connectivity index (χ0) is 8.97. The fourth-order valence-corrected chi connectivity index (χ4v) is 1.27. The van der Waals surface area contributed by atoms with Crippen molar-refractivity contribution in [1.82, 2.24) is 0 Å². The Morgan fingerprint density at radius 3 is 2.83 bits per heavy atom. The Labute approximate surface area is 72.4 Å². The fourth-order valence-electron chi connectivity index (χ4n) is 1.27. The lowest BCUT2D eigenvalue weighted by Crippen LogP contribution is -2.40. The summed E-state index contributed by atoms with van der Waals surface area (Å²) in [5.41, 5.74) is 0. The molecule has 0 saturated carbocycles. The summed E-state index contributed by atoms with van der Waals surface area (Å²) in [5.74, 6) is 0. The lowest BCUT2D eigenvalue weighted by atomic mass is 10.1. The quantitative estimate of drug-likeness (QED) is 0.680. The molecule has 12 heavy (non-hydrogen) atoms. The second-order valence-electron chi connectivity index (χ2n) is 2.77. The smallest absolute Gasteiger partial charge is 0.186 e. The van der Waals surface area contributed by atoms with Crippen LogP contribution in [0.5, 0.6) is 0 Å². The molecular weight excluding hydrogens is 160 g/mol. The average molecular weight is 176 g/mol. The van der Waals surface area contributed by atoms with Crippen molar-refractivity contribution in [1.29, 1.82) is 0 Å². The van der Waals surface area contributed by atoms with Crippen LogP contribution in [0.2, 0.25) is 0 Å². The number of hydrogen-bond donors (Lipinski definition) is 1. The third-order valence-corrected chi connectivity index (χ3v) is 1.88. The number of methoxy groups -OCH3 is 1. The number of aliphatic hydroxyl groups excluding tert-OH is 1. The minimum Gasteiger partial charge on any atom is -0.388 e. The van der Waals surface area contributed by atoms with E-state index in [2.05, 4.69) is 0 Å². The summed E-state index contributed by atoms with van der Waals surface area (Å²) in [6, 6.07) is 0. The van der Waals surface area contributed by atoms with Crippen molar-refractivity contribution < 1.29 is 19.3 Å². The molecule has 0 aromatic rings. The van der Waals surface area contributed by atoms with Gasteiger partial charge < -0.3 is 19.3 Å². The molecule has 0 aromatic carbocycles. The topological polar surface area (TPSA) is 47.9 Å². The number of hydrogen-bond acceptors (Lipinski definition) is 4. The monoisotopic (exact) mass is 176 g/mol.